The summed E-state index contributed by atoms with van der Waals surface area (Å²) in [6.07, 6.45) is 3.26. The average Bonchev–Trinajstić information content (AvgIpc) is 3.48. The number of carbonyl (C=O) groups is 1. The van der Waals surface area contributed by atoms with Crippen LogP contribution in [-0.2, 0) is 9.57 Å². The normalized spacial score (nSPS) is 20.5. The molecule has 2 N–H and O–H groups in total. The molecule has 4 rings (SSSR count). The number of nitrogens with two attached hydrogens (primary N) is 1. The Morgan fingerprint density at radius 2 is 2.17 bits per heavy atom. The van der Waals surface area contributed by atoms with Gasteiger partial charge in [0.1, 0.15) is 18.3 Å². The van der Waals surface area contributed by atoms with Gasteiger partial charge in [0.05, 0.1) is 24.8 Å². The third-order valence-corrected chi connectivity index (χ3v) is 5.34. The van der Waals surface area contributed by atoms with Gasteiger partial charge < -0.3 is 24.8 Å². The Bertz CT molecular complexity index is 1060. The SMILES string of the molecule is CON=C1CN(c2nc3c(cc2F)c(=O)c(C(=O)OC)cn3C2CC2)CC1CN. The molecule has 0 bridgehead atoms. The fourth-order valence-corrected chi connectivity index (χ4v) is 3.70. The molecule has 10 heteroatoms. The molecule has 2 aromatic rings. The summed E-state index contributed by atoms with van der Waals surface area (Å²) in [7, 11) is 2.65. The molecular weight excluding hydrogens is 381 g/mol. The van der Waals surface area contributed by atoms with Crippen LogP contribution < -0.4 is 16.1 Å². The Balaban J connectivity index is 1.85. The van der Waals surface area contributed by atoms with Crippen LogP contribution in [0.4, 0.5) is 10.2 Å². The van der Waals surface area contributed by atoms with E-state index in [1.165, 1.54) is 20.4 Å². The van der Waals surface area contributed by atoms with Gasteiger partial charge in [0.25, 0.3) is 0 Å². The second kappa shape index (κ2) is 7.43. The Morgan fingerprint density at radius 1 is 1.41 bits per heavy atom. The summed E-state index contributed by atoms with van der Waals surface area (Å²) in [4.78, 5) is 35.9. The number of halogens is 1. The van der Waals surface area contributed by atoms with Crippen molar-refractivity contribution >= 4 is 28.5 Å². The number of oxime groups is 1. The van der Waals surface area contributed by atoms with Crippen LogP contribution in [0, 0.1) is 11.7 Å². The number of hydrogen-bond acceptors (Lipinski definition) is 8. The summed E-state index contributed by atoms with van der Waals surface area (Å²) < 4.78 is 21.5. The zero-order valence-corrected chi connectivity index (χ0v) is 16.2. The van der Waals surface area contributed by atoms with E-state index in [1.807, 2.05) is 0 Å². The number of hydrogen-bond donors (Lipinski definition) is 1. The molecule has 3 heterocycles. The number of pyridine rings is 2. The number of rotatable bonds is 5. The zero-order chi connectivity index (χ0) is 20.7. The van der Waals surface area contributed by atoms with Gasteiger partial charge in [0.15, 0.2) is 11.6 Å². The Morgan fingerprint density at radius 3 is 2.79 bits per heavy atom. The first-order chi connectivity index (χ1) is 14.0. The van der Waals surface area contributed by atoms with E-state index in [1.54, 1.807) is 9.47 Å². The molecule has 0 aromatic carbocycles. The van der Waals surface area contributed by atoms with Crippen LogP contribution in [0.5, 0.6) is 0 Å². The monoisotopic (exact) mass is 403 g/mol. The van der Waals surface area contributed by atoms with Gasteiger partial charge in [0, 0.05) is 31.2 Å². The Hall–Kier alpha value is -3.01. The number of carbonyl (C=O) groups excluding carboxylic acids is 1. The Kier molecular flexibility index (Phi) is 4.95. The van der Waals surface area contributed by atoms with Crippen LogP contribution in [0.25, 0.3) is 11.0 Å². The molecule has 2 aliphatic rings. The lowest BCUT2D eigenvalue weighted by molar-refractivity contribution is 0.0598. The molecule has 1 aliphatic carbocycles. The van der Waals surface area contributed by atoms with Gasteiger partial charge in [0.2, 0.25) is 5.43 Å². The minimum atomic E-state index is -0.749. The lowest BCUT2D eigenvalue weighted by atomic mass is 10.1. The molecule has 9 nitrogen and oxygen atoms in total. The molecule has 1 unspecified atom stereocenters. The smallest absolute Gasteiger partial charge is 0.343 e. The molecule has 1 aliphatic heterocycles. The van der Waals surface area contributed by atoms with Crippen LogP contribution in [0.15, 0.2) is 22.2 Å². The first kappa shape index (κ1) is 19.3. The fourth-order valence-electron chi connectivity index (χ4n) is 3.70. The molecule has 2 fully saturated rings. The van der Waals surface area contributed by atoms with E-state index < -0.39 is 17.2 Å². The van der Waals surface area contributed by atoms with Gasteiger partial charge in [-0.15, -0.1) is 0 Å². The number of esters is 1. The van der Waals surface area contributed by atoms with E-state index in [0.717, 1.165) is 24.6 Å². The maximum absolute atomic E-state index is 15.0. The molecule has 0 radical (unpaired) electrons. The van der Waals surface area contributed by atoms with Gasteiger partial charge in [-0.25, -0.2) is 14.2 Å². The van der Waals surface area contributed by atoms with Crippen LogP contribution in [-0.4, -0.2) is 55.1 Å². The summed E-state index contributed by atoms with van der Waals surface area (Å²) in [5.41, 5.74) is 6.16. The van der Waals surface area contributed by atoms with Crippen LogP contribution in [0.3, 0.4) is 0 Å². The second-order valence-corrected chi connectivity index (χ2v) is 7.25. The molecule has 1 saturated heterocycles. The van der Waals surface area contributed by atoms with E-state index in [4.69, 9.17) is 15.3 Å². The highest BCUT2D eigenvalue weighted by atomic mass is 19.1. The van der Waals surface area contributed by atoms with Crippen molar-refractivity contribution in [3.63, 3.8) is 0 Å². The van der Waals surface area contributed by atoms with Crippen LogP contribution in [0.1, 0.15) is 29.2 Å². The van der Waals surface area contributed by atoms with E-state index in [-0.39, 0.29) is 28.7 Å². The van der Waals surface area contributed by atoms with Gasteiger partial charge in [-0.1, -0.05) is 5.16 Å². The van der Waals surface area contributed by atoms with Crippen molar-refractivity contribution < 1.29 is 18.8 Å². The molecule has 1 atom stereocenters. The summed E-state index contributed by atoms with van der Waals surface area (Å²) in [6.45, 7) is 1.13. The maximum Gasteiger partial charge on any atom is 0.343 e. The summed E-state index contributed by atoms with van der Waals surface area (Å²) >= 11 is 0. The summed E-state index contributed by atoms with van der Waals surface area (Å²) in [5.74, 6) is -1.34. The first-order valence-corrected chi connectivity index (χ1v) is 9.37. The van der Waals surface area contributed by atoms with Crippen molar-refractivity contribution in [2.75, 3.05) is 38.8 Å². The Labute approximate surface area is 165 Å². The quantitative estimate of drug-likeness (QED) is 0.587. The van der Waals surface area contributed by atoms with Crippen molar-refractivity contribution in [3.8, 4) is 0 Å². The van der Waals surface area contributed by atoms with E-state index in [2.05, 4.69) is 10.1 Å². The highest BCUT2D eigenvalue weighted by molar-refractivity contribution is 5.95. The summed E-state index contributed by atoms with van der Waals surface area (Å²) in [5, 5.41) is 4.05. The molecular formula is C19H22FN5O4. The molecule has 0 spiro atoms. The van der Waals surface area contributed by atoms with Gasteiger partial charge in [-0.05, 0) is 18.9 Å². The predicted octanol–water partition coefficient (Wildman–Crippen LogP) is 1.05. The topological polar surface area (TPSA) is 112 Å². The van der Waals surface area contributed by atoms with E-state index >= 15 is 0 Å². The van der Waals surface area contributed by atoms with Gasteiger partial charge >= 0.3 is 5.97 Å². The van der Waals surface area contributed by atoms with E-state index in [9.17, 15) is 14.0 Å². The molecule has 1 saturated carbocycles. The number of anilines is 1. The minimum Gasteiger partial charge on any atom is -0.465 e. The highest BCUT2D eigenvalue weighted by Crippen LogP contribution is 2.37. The number of ether oxygens (including phenoxy) is 1. The maximum atomic E-state index is 15.0. The number of nitrogens with zero attached hydrogens (tertiary/aromatic N) is 4. The number of fused-ring (bicyclic) bond motifs is 1. The van der Waals surface area contributed by atoms with Crippen molar-refractivity contribution in [3.05, 3.63) is 33.9 Å². The molecule has 2 aromatic heterocycles. The summed E-state index contributed by atoms with van der Waals surface area (Å²) in [6, 6.07) is 1.27. The van der Waals surface area contributed by atoms with Crippen LogP contribution in [0.2, 0.25) is 0 Å². The molecule has 154 valence electrons. The third-order valence-electron chi connectivity index (χ3n) is 5.34. The standard InChI is InChI=1S/C19H22FN5O4/c1-28-19(27)13-8-25(11-3-4-11)17-12(16(13)26)5-14(20)18(22-17)24-7-10(6-21)15(9-24)23-29-2/h5,8,10-11H,3-4,6-7,9,21H2,1-2H3. The minimum absolute atomic E-state index is 0.0569. The van der Waals surface area contributed by atoms with Crippen LogP contribution >= 0.6 is 0 Å². The zero-order valence-electron chi connectivity index (χ0n) is 16.2. The highest BCUT2D eigenvalue weighted by Gasteiger charge is 2.33. The van der Waals surface area contributed by atoms with Gasteiger partial charge in [-0.3, -0.25) is 4.79 Å². The lowest BCUT2D eigenvalue weighted by Crippen LogP contribution is -2.26. The third kappa shape index (κ3) is 3.33. The average molecular weight is 403 g/mol. The van der Waals surface area contributed by atoms with E-state index in [0.29, 0.717) is 25.3 Å². The molecule has 0 amide bonds. The molecule has 29 heavy (non-hydrogen) atoms. The van der Waals surface area contributed by atoms with Crippen molar-refractivity contribution in [2.45, 2.75) is 18.9 Å². The number of aromatic nitrogens is 2. The second-order valence-electron chi connectivity index (χ2n) is 7.25. The lowest BCUT2D eigenvalue weighted by Gasteiger charge is -2.19. The fraction of sp³-hybridized carbons (Fsp3) is 0.474. The number of methoxy groups -OCH3 is 1. The largest absolute Gasteiger partial charge is 0.465 e. The van der Waals surface area contributed by atoms with Crippen molar-refractivity contribution in [2.24, 2.45) is 16.8 Å². The van der Waals surface area contributed by atoms with Gasteiger partial charge in [-0.2, -0.15) is 0 Å². The van der Waals surface area contributed by atoms with Crippen molar-refractivity contribution in [1.29, 1.82) is 0 Å². The first-order valence-electron chi connectivity index (χ1n) is 9.37. The predicted molar refractivity (Wildman–Crippen MR) is 105 cm³/mol. The van der Waals surface area contributed by atoms with Crippen molar-refractivity contribution in [1.82, 2.24) is 9.55 Å².